The summed E-state index contributed by atoms with van der Waals surface area (Å²) in [5.41, 5.74) is 1.21. The number of amides is 3. The molecule has 2 aromatic carbocycles. The van der Waals surface area contributed by atoms with Gasteiger partial charge in [-0.3, -0.25) is 19.3 Å². The summed E-state index contributed by atoms with van der Waals surface area (Å²) < 4.78 is 38.2. The van der Waals surface area contributed by atoms with Gasteiger partial charge in [0.1, 0.15) is 11.6 Å². The fourth-order valence-corrected chi connectivity index (χ4v) is 5.28. The maximum atomic E-state index is 13.8. The van der Waals surface area contributed by atoms with Gasteiger partial charge in [-0.1, -0.05) is 48.5 Å². The Bertz CT molecular complexity index is 1170. The largest absolute Gasteiger partial charge is 0.353 e. The van der Waals surface area contributed by atoms with E-state index in [2.05, 4.69) is 5.32 Å². The predicted molar refractivity (Wildman–Crippen MR) is 126 cm³/mol. The van der Waals surface area contributed by atoms with Crippen molar-refractivity contribution >= 4 is 44.7 Å². The number of aryl methyl sites for hydroxylation is 1. The monoisotopic (exact) mass is 490 g/mol. The Hall–Kier alpha value is -2.98. The molecule has 1 aliphatic rings. The molecule has 1 fully saturated rings. The zero-order valence-corrected chi connectivity index (χ0v) is 19.3. The van der Waals surface area contributed by atoms with Crippen molar-refractivity contribution in [1.29, 1.82) is 0 Å². The number of carbonyl (C=O) groups is 3. The molecular weight excluding hydrogens is 467 g/mol. The number of carbonyl (C=O) groups excluding carboxylic acids is 3. The molecule has 0 aliphatic carbocycles. The third-order valence-corrected chi connectivity index (χ3v) is 7.36. The van der Waals surface area contributed by atoms with Crippen LogP contribution >= 0.6 is 11.8 Å². The Morgan fingerprint density at radius 1 is 1.06 bits per heavy atom. The van der Waals surface area contributed by atoms with Crippen LogP contribution < -0.4 is 5.32 Å². The van der Waals surface area contributed by atoms with E-state index in [4.69, 9.17) is 0 Å². The lowest BCUT2D eigenvalue weighted by Gasteiger charge is -2.13. The average Bonchev–Trinajstić information content (AvgIpc) is 3.03. The molecule has 174 valence electrons. The van der Waals surface area contributed by atoms with Gasteiger partial charge in [-0.25, -0.2) is 12.8 Å². The smallest absolute Gasteiger partial charge is 0.293 e. The zero-order chi connectivity index (χ0) is 23.8. The molecule has 2 aromatic rings. The summed E-state index contributed by atoms with van der Waals surface area (Å²) in [6, 6.07) is 15.3. The van der Waals surface area contributed by atoms with Crippen LogP contribution in [0, 0.1) is 5.82 Å². The van der Waals surface area contributed by atoms with E-state index in [0.717, 1.165) is 10.5 Å². The van der Waals surface area contributed by atoms with E-state index in [1.807, 2.05) is 30.3 Å². The van der Waals surface area contributed by atoms with Crippen LogP contribution in [-0.2, 0) is 25.8 Å². The molecule has 7 nitrogen and oxygen atoms in total. The minimum absolute atomic E-state index is 0.0800. The van der Waals surface area contributed by atoms with Gasteiger partial charge in [0.15, 0.2) is 9.84 Å². The van der Waals surface area contributed by atoms with Crippen molar-refractivity contribution in [1.82, 2.24) is 10.2 Å². The molecule has 0 bridgehead atoms. The lowest BCUT2D eigenvalue weighted by molar-refractivity contribution is -0.123. The number of imide groups is 1. The van der Waals surface area contributed by atoms with E-state index in [9.17, 15) is 27.2 Å². The second-order valence-corrected chi connectivity index (χ2v) is 10.6. The standard InChI is InChI=1S/C23H23FN2O5S2/c24-19-11-5-4-10-18(19)15-20-22(28)26(23(29)32-20)13-12-25-21(27)16-33(30,31)14-6-9-17-7-2-1-3-8-17/h1-5,7-8,10-11,15H,6,9,12-14,16H2,(H,25,27)/b20-15-. The summed E-state index contributed by atoms with van der Waals surface area (Å²) in [4.78, 5) is 37.6. The maximum Gasteiger partial charge on any atom is 0.293 e. The van der Waals surface area contributed by atoms with Gasteiger partial charge in [0.25, 0.3) is 11.1 Å². The lowest BCUT2D eigenvalue weighted by Crippen LogP contribution is -2.39. The quantitative estimate of drug-likeness (QED) is 0.514. The van der Waals surface area contributed by atoms with Crippen molar-refractivity contribution in [2.75, 3.05) is 24.6 Å². The summed E-state index contributed by atoms with van der Waals surface area (Å²) in [5.74, 6) is -2.56. The van der Waals surface area contributed by atoms with Crippen LogP contribution in [0.5, 0.6) is 0 Å². The van der Waals surface area contributed by atoms with E-state index in [1.165, 1.54) is 24.3 Å². The van der Waals surface area contributed by atoms with Gasteiger partial charge in [0.05, 0.1) is 10.7 Å². The summed E-state index contributed by atoms with van der Waals surface area (Å²) in [5, 5.41) is 1.90. The first-order chi connectivity index (χ1) is 15.7. The van der Waals surface area contributed by atoms with Crippen LogP contribution in [0.4, 0.5) is 9.18 Å². The third kappa shape index (κ3) is 7.26. The Morgan fingerprint density at radius 2 is 1.76 bits per heavy atom. The minimum atomic E-state index is -3.58. The molecule has 1 aliphatic heterocycles. The van der Waals surface area contributed by atoms with Gasteiger partial charge < -0.3 is 5.32 Å². The number of hydrogen-bond acceptors (Lipinski definition) is 6. The van der Waals surface area contributed by atoms with E-state index < -0.39 is 38.5 Å². The van der Waals surface area contributed by atoms with Crippen molar-refractivity contribution in [2.24, 2.45) is 0 Å². The van der Waals surface area contributed by atoms with Gasteiger partial charge in [0, 0.05) is 18.7 Å². The minimum Gasteiger partial charge on any atom is -0.353 e. The van der Waals surface area contributed by atoms with Crippen LogP contribution in [0.1, 0.15) is 17.5 Å². The van der Waals surface area contributed by atoms with E-state index in [-0.39, 0.29) is 29.3 Å². The van der Waals surface area contributed by atoms with Crippen molar-refractivity contribution < 1.29 is 27.2 Å². The van der Waals surface area contributed by atoms with Crippen LogP contribution in [0.3, 0.4) is 0 Å². The first-order valence-electron chi connectivity index (χ1n) is 10.3. The first-order valence-corrected chi connectivity index (χ1v) is 12.9. The molecule has 10 heteroatoms. The normalized spacial score (nSPS) is 15.3. The average molecular weight is 491 g/mol. The molecular formula is C23H23FN2O5S2. The van der Waals surface area contributed by atoms with Crippen LogP contribution in [0.2, 0.25) is 0 Å². The number of nitrogens with zero attached hydrogens (tertiary/aromatic N) is 1. The molecule has 3 rings (SSSR count). The highest BCUT2D eigenvalue weighted by atomic mass is 32.2. The molecule has 3 amide bonds. The number of sulfone groups is 1. The summed E-state index contributed by atoms with van der Waals surface area (Å²) in [6.07, 6.45) is 2.31. The Balaban J connectivity index is 1.44. The molecule has 0 atom stereocenters. The van der Waals surface area contributed by atoms with E-state index >= 15 is 0 Å². The summed E-state index contributed by atoms with van der Waals surface area (Å²) >= 11 is 0.685. The molecule has 1 N–H and O–H groups in total. The predicted octanol–water partition coefficient (Wildman–Crippen LogP) is 3.03. The zero-order valence-electron chi connectivity index (χ0n) is 17.7. The summed E-state index contributed by atoms with van der Waals surface area (Å²) in [6.45, 7) is -0.192. The van der Waals surface area contributed by atoms with Crippen molar-refractivity contribution in [3.8, 4) is 0 Å². The molecule has 1 heterocycles. The Morgan fingerprint density at radius 3 is 2.48 bits per heavy atom. The van der Waals surface area contributed by atoms with Crippen molar-refractivity contribution in [3.63, 3.8) is 0 Å². The number of nitrogens with one attached hydrogen (secondary N) is 1. The molecule has 1 saturated heterocycles. The third-order valence-electron chi connectivity index (χ3n) is 4.84. The SMILES string of the molecule is O=C(CS(=O)(=O)CCCc1ccccc1)NCCN1C(=O)S/C(=C\c2ccccc2F)C1=O. The van der Waals surface area contributed by atoms with Crippen LogP contribution in [0.25, 0.3) is 6.08 Å². The van der Waals surface area contributed by atoms with E-state index in [0.29, 0.717) is 24.6 Å². The molecule has 0 aromatic heterocycles. The first kappa shape index (κ1) is 24.7. The number of benzene rings is 2. The molecule has 0 saturated carbocycles. The highest BCUT2D eigenvalue weighted by Gasteiger charge is 2.34. The topological polar surface area (TPSA) is 101 Å². The lowest BCUT2D eigenvalue weighted by atomic mass is 10.1. The molecule has 33 heavy (non-hydrogen) atoms. The van der Waals surface area contributed by atoms with Gasteiger partial charge in [-0.15, -0.1) is 0 Å². The fraction of sp³-hybridized carbons (Fsp3) is 0.261. The second kappa shape index (κ2) is 11.2. The van der Waals surface area contributed by atoms with Gasteiger partial charge in [-0.05, 0) is 42.3 Å². The van der Waals surface area contributed by atoms with Crippen molar-refractivity contribution in [3.05, 3.63) is 76.4 Å². The number of rotatable bonds is 10. The molecule has 0 spiro atoms. The van der Waals surface area contributed by atoms with Crippen molar-refractivity contribution in [2.45, 2.75) is 12.8 Å². The number of hydrogen-bond donors (Lipinski definition) is 1. The highest BCUT2D eigenvalue weighted by molar-refractivity contribution is 8.18. The fourth-order valence-electron chi connectivity index (χ4n) is 3.20. The molecule has 0 unspecified atom stereocenters. The Kier molecular flexibility index (Phi) is 8.40. The Labute approximate surface area is 196 Å². The summed E-state index contributed by atoms with van der Waals surface area (Å²) in [7, 11) is -3.58. The number of halogens is 1. The second-order valence-electron chi connectivity index (χ2n) is 7.39. The van der Waals surface area contributed by atoms with E-state index in [1.54, 1.807) is 6.07 Å². The maximum absolute atomic E-state index is 13.8. The molecule has 0 radical (unpaired) electrons. The van der Waals surface area contributed by atoms with Gasteiger partial charge in [-0.2, -0.15) is 0 Å². The van der Waals surface area contributed by atoms with Gasteiger partial charge >= 0.3 is 0 Å². The van der Waals surface area contributed by atoms with Gasteiger partial charge in [0.2, 0.25) is 5.91 Å². The number of thioether (sulfide) groups is 1. The van der Waals surface area contributed by atoms with Crippen LogP contribution in [0.15, 0.2) is 59.5 Å². The highest BCUT2D eigenvalue weighted by Crippen LogP contribution is 2.32. The van der Waals surface area contributed by atoms with Crippen LogP contribution in [-0.4, -0.2) is 55.0 Å².